The summed E-state index contributed by atoms with van der Waals surface area (Å²) in [5.74, 6) is 0.244. The Hall–Kier alpha value is -3.17. The molecule has 158 valence electrons. The summed E-state index contributed by atoms with van der Waals surface area (Å²) >= 11 is 0. The van der Waals surface area contributed by atoms with E-state index in [2.05, 4.69) is 9.97 Å². The second-order valence-corrected chi connectivity index (χ2v) is 7.34. The minimum Gasteiger partial charge on any atom is -0.468 e. The van der Waals surface area contributed by atoms with E-state index in [-0.39, 0.29) is 24.2 Å². The molecule has 7 nitrogen and oxygen atoms in total. The molecule has 0 radical (unpaired) electrons. The van der Waals surface area contributed by atoms with Gasteiger partial charge in [-0.1, -0.05) is 0 Å². The average molecular weight is 420 g/mol. The Balaban J connectivity index is 1.50. The van der Waals surface area contributed by atoms with Crippen molar-refractivity contribution in [2.45, 2.75) is 39.0 Å². The lowest BCUT2D eigenvalue weighted by Crippen LogP contribution is -2.26. The van der Waals surface area contributed by atoms with Crippen molar-refractivity contribution in [1.82, 2.24) is 14.9 Å². The van der Waals surface area contributed by atoms with Gasteiger partial charge in [-0.3, -0.25) is 14.5 Å². The van der Waals surface area contributed by atoms with Crippen LogP contribution in [0.3, 0.4) is 0 Å². The number of aryl methyl sites for hydroxylation is 1. The topological polar surface area (TPSA) is 75.6 Å². The van der Waals surface area contributed by atoms with Crippen LogP contribution >= 0.6 is 0 Å². The largest absolute Gasteiger partial charge is 0.468 e. The van der Waals surface area contributed by atoms with Crippen LogP contribution in [0.1, 0.15) is 39.9 Å². The first-order chi connectivity index (χ1) is 14.2. The zero-order valence-electron chi connectivity index (χ0n) is 16.2. The number of carbonyl (C=O) groups is 2. The lowest BCUT2D eigenvalue weighted by atomic mass is 10.1. The van der Waals surface area contributed by atoms with Gasteiger partial charge in [0.15, 0.2) is 6.61 Å². The van der Waals surface area contributed by atoms with Gasteiger partial charge in [0.05, 0.1) is 6.54 Å². The van der Waals surface area contributed by atoms with Crippen molar-refractivity contribution in [2.24, 2.45) is 0 Å². The molecule has 0 unspecified atom stereocenters. The highest BCUT2D eigenvalue weighted by Crippen LogP contribution is 2.33. The van der Waals surface area contributed by atoms with E-state index >= 15 is 0 Å². The molecule has 0 aliphatic carbocycles. The summed E-state index contributed by atoms with van der Waals surface area (Å²) in [5.41, 5.74) is 2.34. The predicted molar refractivity (Wildman–Crippen MR) is 99.9 cm³/mol. The molecule has 2 aliphatic heterocycles. The number of hydrogen-bond donors (Lipinski definition) is 0. The molecule has 30 heavy (non-hydrogen) atoms. The SMILES string of the molecule is Cc1cc(CN2Cc3c(ccnc3N3CCCC3=O)C2=O)cnc1OCC(F)(F)F. The van der Waals surface area contributed by atoms with E-state index in [0.29, 0.717) is 47.6 Å². The highest BCUT2D eigenvalue weighted by atomic mass is 19.4. The normalized spacial score (nSPS) is 16.4. The zero-order chi connectivity index (χ0) is 21.5. The maximum atomic E-state index is 12.8. The second kappa shape index (κ2) is 7.58. The number of rotatable bonds is 5. The standard InChI is InChI=1S/C20H19F3N4O3/c1-12-7-13(8-25-18(12)30-11-20(21,22)23)9-26-10-15-14(19(26)29)4-5-24-17(15)27-6-2-3-16(27)28/h4-5,7-8H,2-3,6,9-11H2,1H3. The highest BCUT2D eigenvalue weighted by Gasteiger charge is 2.34. The van der Waals surface area contributed by atoms with Gasteiger partial charge in [0.2, 0.25) is 11.8 Å². The minimum absolute atomic E-state index is 0.00364. The molecule has 0 saturated carbocycles. The van der Waals surface area contributed by atoms with Crippen molar-refractivity contribution in [2.75, 3.05) is 18.1 Å². The van der Waals surface area contributed by atoms with E-state index in [1.165, 1.54) is 12.4 Å². The molecule has 0 aromatic carbocycles. The number of anilines is 1. The Morgan fingerprint density at radius 1 is 1.23 bits per heavy atom. The molecule has 4 rings (SSSR count). The van der Waals surface area contributed by atoms with Gasteiger partial charge in [-0.25, -0.2) is 9.97 Å². The molecule has 0 atom stereocenters. The van der Waals surface area contributed by atoms with Crippen molar-refractivity contribution in [3.05, 3.63) is 46.8 Å². The molecular formula is C20H19F3N4O3. The Bertz CT molecular complexity index is 1010. The first-order valence-corrected chi connectivity index (χ1v) is 9.45. The van der Waals surface area contributed by atoms with E-state index < -0.39 is 12.8 Å². The monoisotopic (exact) mass is 420 g/mol. The molecule has 1 saturated heterocycles. The van der Waals surface area contributed by atoms with Crippen LogP contribution in [-0.2, 0) is 17.9 Å². The molecule has 0 N–H and O–H groups in total. The third-order valence-corrected chi connectivity index (χ3v) is 5.06. The highest BCUT2D eigenvalue weighted by molar-refractivity contribution is 6.02. The molecule has 4 heterocycles. The van der Waals surface area contributed by atoms with Gasteiger partial charge < -0.3 is 9.64 Å². The number of aromatic nitrogens is 2. The third kappa shape index (κ3) is 3.94. The molecule has 2 aromatic rings. The second-order valence-electron chi connectivity index (χ2n) is 7.34. The average Bonchev–Trinajstić information content (AvgIpc) is 3.24. The molecule has 10 heteroatoms. The van der Waals surface area contributed by atoms with Crippen LogP contribution in [0.4, 0.5) is 19.0 Å². The van der Waals surface area contributed by atoms with Gasteiger partial charge in [0.1, 0.15) is 5.82 Å². The number of nitrogens with zero attached hydrogens (tertiary/aromatic N) is 4. The van der Waals surface area contributed by atoms with Crippen molar-refractivity contribution in [3.63, 3.8) is 0 Å². The van der Waals surface area contributed by atoms with Crippen LogP contribution in [0.5, 0.6) is 5.88 Å². The lowest BCUT2D eigenvalue weighted by Gasteiger charge is -2.18. The van der Waals surface area contributed by atoms with E-state index in [9.17, 15) is 22.8 Å². The van der Waals surface area contributed by atoms with E-state index in [0.717, 1.165) is 6.42 Å². The number of halogens is 3. The van der Waals surface area contributed by atoms with Gasteiger partial charge in [-0.2, -0.15) is 13.2 Å². The number of ether oxygens (including phenoxy) is 1. The number of alkyl halides is 3. The summed E-state index contributed by atoms with van der Waals surface area (Å²) in [6, 6.07) is 3.29. The summed E-state index contributed by atoms with van der Waals surface area (Å²) in [4.78, 5) is 36.5. The maximum Gasteiger partial charge on any atom is 0.422 e. The summed E-state index contributed by atoms with van der Waals surface area (Å²) in [5, 5.41) is 0. The number of fused-ring (bicyclic) bond motifs is 1. The van der Waals surface area contributed by atoms with Crippen LogP contribution in [-0.4, -0.2) is 46.0 Å². The Labute approximate surface area is 170 Å². The summed E-state index contributed by atoms with van der Waals surface area (Å²) in [6.45, 7) is 1.30. The number of amides is 2. The Morgan fingerprint density at radius 3 is 2.70 bits per heavy atom. The van der Waals surface area contributed by atoms with Gasteiger partial charge in [-0.05, 0) is 31.0 Å². The molecule has 2 amide bonds. The van der Waals surface area contributed by atoms with E-state index in [1.807, 2.05) is 0 Å². The first kappa shape index (κ1) is 20.1. The molecular weight excluding hydrogens is 401 g/mol. The van der Waals surface area contributed by atoms with Crippen molar-refractivity contribution in [3.8, 4) is 5.88 Å². The summed E-state index contributed by atoms with van der Waals surface area (Å²) in [7, 11) is 0. The quantitative estimate of drug-likeness (QED) is 0.743. The predicted octanol–water partition coefficient (Wildman–Crippen LogP) is 3.01. The lowest BCUT2D eigenvalue weighted by molar-refractivity contribution is -0.154. The Kier molecular flexibility index (Phi) is 5.08. The van der Waals surface area contributed by atoms with Crippen molar-refractivity contribution >= 4 is 17.6 Å². The van der Waals surface area contributed by atoms with E-state index in [1.54, 1.807) is 28.9 Å². The third-order valence-electron chi connectivity index (χ3n) is 5.06. The fraction of sp³-hybridized carbons (Fsp3) is 0.400. The van der Waals surface area contributed by atoms with E-state index in [4.69, 9.17) is 4.74 Å². The van der Waals surface area contributed by atoms with Gasteiger partial charge >= 0.3 is 6.18 Å². The Morgan fingerprint density at radius 2 is 2.03 bits per heavy atom. The van der Waals surface area contributed by atoms with Gasteiger partial charge in [0, 0.05) is 48.6 Å². The van der Waals surface area contributed by atoms with Crippen LogP contribution in [0, 0.1) is 6.92 Å². The number of pyridine rings is 2. The van der Waals surface area contributed by atoms with Crippen LogP contribution in [0.2, 0.25) is 0 Å². The molecule has 2 aliphatic rings. The summed E-state index contributed by atoms with van der Waals surface area (Å²) < 4.78 is 41.7. The smallest absolute Gasteiger partial charge is 0.422 e. The molecule has 1 fully saturated rings. The zero-order valence-corrected chi connectivity index (χ0v) is 16.2. The first-order valence-electron chi connectivity index (χ1n) is 9.45. The van der Waals surface area contributed by atoms with Gasteiger partial charge in [-0.15, -0.1) is 0 Å². The maximum absolute atomic E-state index is 12.8. The fourth-order valence-electron chi connectivity index (χ4n) is 3.73. The molecule has 0 bridgehead atoms. The summed E-state index contributed by atoms with van der Waals surface area (Å²) in [6.07, 6.45) is -0.285. The molecule has 0 spiro atoms. The van der Waals surface area contributed by atoms with Crippen LogP contribution in [0.25, 0.3) is 0 Å². The van der Waals surface area contributed by atoms with Crippen LogP contribution < -0.4 is 9.64 Å². The fourth-order valence-corrected chi connectivity index (χ4v) is 3.73. The van der Waals surface area contributed by atoms with Gasteiger partial charge in [0.25, 0.3) is 5.91 Å². The number of carbonyl (C=O) groups excluding carboxylic acids is 2. The molecule has 2 aromatic heterocycles. The van der Waals surface area contributed by atoms with Crippen molar-refractivity contribution < 1.29 is 27.5 Å². The minimum atomic E-state index is -4.44. The number of hydrogen-bond acceptors (Lipinski definition) is 5. The van der Waals surface area contributed by atoms with Crippen LogP contribution in [0.15, 0.2) is 24.5 Å². The van der Waals surface area contributed by atoms with Crippen molar-refractivity contribution in [1.29, 1.82) is 0 Å².